The van der Waals surface area contributed by atoms with Gasteiger partial charge >= 0.3 is 0 Å². The molecule has 19 heavy (non-hydrogen) atoms. The lowest BCUT2D eigenvalue weighted by atomic mass is 10.1. The minimum absolute atomic E-state index is 0.0322. The molecular formula is C12H19FN2O3S. The highest BCUT2D eigenvalue weighted by Crippen LogP contribution is 2.17. The Morgan fingerprint density at radius 2 is 2.00 bits per heavy atom. The summed E-state index contributed by atoms with van der Waals surface area (Å²) in [4.78, 5) is -0.243. The van der Waals surface area contributed by atoms with Crippen LogP contribution in [-0.2, 0) is 10.0 Å². The fourth-order valence-corrected chi connectivity index (χ4v) is 3.06. The van der Waals surface area contributed by atoms with Gasteiger partial charge in [-0.05, 0) is 30.5 Å². The van der Waals surface area contributed by atoms with Crippen molar-refractivity contribution in [3.8, 4) is 0 Å². The highest BCUT2D eigenvalue weighted by Gasteiger charge is 2.21. The summed E-state index contributed by atoms with van der Waals surface area (Å²) in [6.07, 6.45) is 0.487. The van der Waals surface area contributed by atoms with E-state index in [0.717, 1.165) is 12.1 Å². The van der Waals surface area contributed by atoms with Gasteiger partial charge in [0, 0.05) is 11.7 Å². The number of hydrogen-bond donors (Lipinski definition) is 3. The second kappa shape index (κ2) is 6.31. The van der Waals surface area contributed by atoms with Gasteiger partial charge in [0.05, 0.1) is 11.5 Å². The second-order valence-corrected chi connectivity index (χ2v) is 6.56. The molecule has 7 heteroatoms. The Morgan fingerprint density at radius 3 is 2.47 bits per heavy atom. The molecule has 5 nitrogen and oxygen atoms in total. The molecule has 1 unspecified atom stereocenters. The van der Waals surface area contributed by atoms with E-state index >= 15 is 0 Å². The second-order valence-electron chi connectivity index (χ2n) is 4.85. The van der Waals surface area contributed by atoms with Crippen molar-refractivity contribution in [1.29, 1.82) is 0 Å². The van der Waals surface area contributed by atoms with Crippen LogP contribution in [0.2, 0.25) is 0 Å². The molecule has 0 bridgehead atoms. The van der Waals surface area contributed by atoms with Gasteiger partial charge in [0.15, 0.2) is 0 Å². The number of aliphatic hydroxyl groups excluding tert-OH is 1. The van der Waals surface area contributed by atoms with Gasteiger partial charge in [0.1, 0.15) is 5.82 Å². The van der Waals surface area contributed by atoms with Crippen LogP contribution in [0.25, 0.3) is 0 Å². The molecule has 0 amide bonds. The maximum atomic E-state index is 13.2. The highest BCUT2D eigenvalue weighted by molar-refractivity contribution is 7.89. The molecule has 0 spiro atoms. The summed E-state index contributed by atoms with van der Waals surface area (Å²) in [5, 5.41) is 9.17. The molecule has 0 saturated heterocycles. The molecule has 0 aromatic heterocycles. The first-order valence-corrected chi connectivity index (χ1v) is 7.42. The molecule has 0 aliphatic rings. The molecule has 108 valence electrons. The van der Waals surface area contributed by atoms with E-state index in [9.17, 15) is 12.8 Å². The lowest BCUT2D eigenvalue weighted by Gasteiger charge is -2.18. The number of aliphatic hydroxyl groups is 1. The monoisotopic (exact) mass is 290 g/mol. The van der Waals surface area contributed by atoms with Gasteiger partial charge in [-0.3, -0.25) is 0 Å². The molecule has 0 aliphatic heterocycles. The van der Waals surface area contributed by atoms with Gasteiger partial charge in [-0.1, -0.05) is 13.8 Å². The average Bonchev–Trinajstić information content (AvgIpc) is 2.25. The highest BCUT2D eigenvalue weighted by atomic mass is 32.2. The number of anilines is 1. The normalized spacial score (nSPS) is 13.7. The fourth-order valence-electron chi connectivity index (χ4n) is 1.76. The predicted octanol–water partition coefficient (Wildman–Crippen LogP) is 1.09. The largest absolute Gasteiger partial charge is 0.399 e. The van der Waals surface area contributed by atoms with Gasteiger partial charge in [-0.25, -0.2) is 17.5 Å². The molecule has 1 atom stereocenters. The number of halogens is 1. The molecule has 0 saturated carbocycles. The molecule has 1 rings (SSSR count). The fraction of sp³-hybridized carbons (Fsp3) is 0.500. The Hall–Kier alpha value is -1.18. The minimum atomic E-state index is -3.89. The van der Waals surface area contributed by atoms with Gasteiger partial charge in [-0.15, -0.1) is 0 Å². The summed E-state index contributed by atoms with van der Waals surface area (Å²) >= 11 is 0. The number of nitrogen functional groups attached to an aromatic ring is 1. The van der Waals surface area contributed by atoms with Crippen LogP contribution < -0.4 is 10.5 Å². The molecule has 1 aromatic rings. The zero-order chi connectivity index (χ0) is 14.6. The first kappa shape index (κ1) is 15.9. The number of sulfonamides is 1. The van der Waals surface area contributed by atoms with E-state index in [2.05, 4.69) is 4.72 Å². The Bertz CT molecular complexity index is 512. The molecule has 0 aliphatic carbocycles. The Balaban J connectivity index is 2.96. The number of hydrogen-bond acceptors (Lipinski definition) is 4. The standard InChI is InChI=1S/C12H19FN2O3S/c1-8(2)3-11(7-16)15-19(17,18)12-5-9(13)4-10(14)6-12/h4-6,8,11,15-16H,3,7,14H2,1-2H3. The van der Waals surface area contributed by atoms with E-state index in [0.29, 0.717) is 6.42 Å². The Kier molecular flexibility index (Phi) is 5.28. The summed E-state index contributed by atoms with van der Waals surface area (Å²) in [5.74, 6) is -0.498. The van der Waals surface area contributed by atoms with E-state index < -0.39 is 21.9 Å². The van der Waals surface area contributed by atoms with Crippen LogP contribution in [0.5, 0.6) is 0 Å². The van der Waals surface area contributed by atoms with E-state index in [-0.39, 0.29) is 23.1 Å². The predicted molar refractivity (Wildman–Crippen MR) is 71.5 cm³/mol. The Morgan fingerprint density at radius 1 is 1.37 bits per heavy atom. The summed E-state index contributed by atoms with van der Waals surface area (Å²) in [7, 11) is -3.89. The molecule has 0 fully saturated rings. The molecule has 1 aromatic carbocycles. The van der Waals surface area contributed by atoms with Crippen LogP contribution in [0, 0.1) is 11.7 Å². The van der Waals surface area contributed by atoms with Crippen molar-refractivity contribution in [2.24, 2.45) is 5.92 Å². The first-order chi connectivity index (χ1) is 8.74. The summed E-state index contributed by atoms with van der Waals surface area (Å²) in [6.45, 7) is 3.51. The SMILES string of the molecule is CC(C)CC(CO)NS(=O)(=O)c1cc(N)cc(F)c1. The van der Waals surface area contributed by atoms with Crippen LogP contribution in [0.3, 0.4) is 0 Å². The van der Waals surface area contributed by atoms with Gasteiger partial charge in [0.2, 0.25) is 10.0 Å². The number of rotatable bonds is 6. The molecule has 0 heterocycles. The number of benzene rings is 1. The molecular weight excluding hydrogens is 271 g/mol. The third kappa shape index (κ3) is 4.77. The summed E-state index contributed by atoms with van der Waals surface area (Å²) < 4.78 is 39.6. The van der Waals surface area contributed by atoms with Gasteiger partial charge in [-0.2, -0.15) is 0 Å². The summed E-state index contributed by atoms with van der Waals surface area (Å²) in [6, 6.07) is 2.50. The van der Waals surface area contributed by atoms with Crippen LogP contribution in [-0.4, -0.2) is 26.2 Å². The van der Waals surface area contributed by atoms with Crippen LogP contribution in [0.15, 0.2) is 23.1 Å². The van der Waals surface area contributed by atoms with Crippen LogP contribution >= 0.6 is 0 Å². The van der Waals surface area contributed by atoms with Crippen molar-refractivity contribution in [2.75, 3.05) is 12.3 Å². The first-order valence-electron chi connectivity index (χ1n) is 5.94. The molecule has 0 radical (unpaired) electrons. The smallest absolute Gasteiger partial charge is 0.241 e. The van der Waals surface area contributed by atoms with Crippen molar-refractivity contribution < 1.29 is 17.9 Å². The van der Waals surface area contributed by atoms with Gasteiger partial charge < -0.3 is 10.8 Å². The molecule has 4 N–H and O–H groups in total. The number of nitrogens with one attached hydrogen (secondary N) is 1. The Labute approximate surface area is 112 Å². The topological polar surface area (TPSA) is 92.4 Å². The average molecular weight is 290 g/mol. The maximum Gasteiger partial charge on any atom is 0.241 e. The zero-order valence-corrected chi connectivity index (χ0v) is 11.7. The minimum Gasteiger partial charge on any atom is -0.399 e. The van der Waals surface area contributed by atoms with Gasteiger partial charge in [0.25, 0.3) is 0 Å². The summed E-state index contributed by atoms with van der Waals surface area (Å²) in [5.41, 5.74) is 5.45. The van der Waals surface area contributed by atoms with Crippen molar-refractivity contribution in [1.82, 2.24) is 4.72 Å². The third-order valence-corrected chi connectivity index (χ3v) is 4.00. The quantitative estimate of drug-likeness (QED) is 0.684. The van der Waals surface area contributed by atoms with Crippen LogP contribution in [0.1, 0.15) is 20.3 Å². The van der Waals surface area contributed by atoms with E-state index in [1.54, 1.807) is 0 Å². The number of nitrogens with two attached hydrogens (primary N) is 1. The lowest BCUT2D eigenvalue weighted by molar-refractivity contribution is 0.240. The van der Waals surface area contributed by atoms with Crippen molar-refractivity contribution >= 4 is 15.7 Å². The third-order valence-electron chi connectivity index (χ3n) is 2.50. The van der Waals surface area contributed by atoms with E-state index in [1.165, 1.54) is 6.07 Å². The van der Waals surface area contributed by atoms with E-state index in [4.69, 9.17) is 10.8 Å². The maximum absolute atomic E-state index is 13.2. The van der Waals surface area contributed by atoms with Crippen molar-refractivity contribution in [3.05, 3.63) is 24.0 Å². The van der Waals surface area contributed by atoms with Crippen molar-refractivity contribution in [2.45, 2.75) is 31.2 Å². The van der Waals surface area contributed by atoms with Crippen molar-refractivity contribution in [3.63, 3.8) is 0 Å². The van der Waals surface area contributed by atoms with E-state index in [1.807, 2.05) is 13.8 Å². The zero-order valence-electron chi connectivity index (χ0n) is 10.9. The lowest BCUT2D eigenvalue weighted by Crippen LogP contribution is -2.38. The van der Waals surface area contributed by atoms with Crippen LogP contribution in [0.4, 0.5) is 10.1 Å².